The van der Waals surface area contributed by atoms with Crippen LogP contribution in [0.3, 0.4) is 0 Å². The number of hydrogen-bond donors (Lipinski definition) is 0. The van der Waals surface area contributed by atoms with E-state index in [0.717, 1.165) is 42.9 Å². The van der Waals surface area contributed by atoms with E-state index in [1.807, 2.05) is 24.4 Å². The molecule has 1 aromatic carbocycles. The molecule has 4 heteroatoms. The number of oxazole rings is 1. The zero-order valence-corrected chi connectivity index (χ0v) is 13.7. The fourth-order valence-electron chi connectivity index (χ4n) is 3.89. The maximum atomic E-state index is 5.97. The monoisotopic (exact) mass is 311 g/mol. The van der Waals surface area contributed by atoms with E-state index in [4.69, 9.17) is 4.42 Å². The van der Waals surface area contributed by atoms with Crippen molar-refractivity contribution in [2.24, 2.45) is 0 Å². The van der Waals surface area contributed by atoms with Crippen molar-refractivity contribution in [3.63, 3.8) is 0 Å². The minimum absolute atomic E-state index is 0.731. The molecule has 23 heavy (non-hydrogen) atoms. The first-order valence-corrected chi connectivity index (χ1v) is 8.85. The second kappa shape index (κ2) is 6.85. The molecule has 1 atom stereocenters. The molecule has 122 valence electrons. The zero-order valence-electron chi connectivity index (χ0n) is 13.7. The fourth-order valence-corrected chi connectivity index (χ4v) is 3.89. The molecule has 4 nitrogen and oxygen atoms in total. The Balaban J connectivity index is 1.39. The van der Waals surface area contributed by atoms with E-state index >= 15 is 0 Å². The maximum Gasteiger partial charge on any atom is 0.209 e. The molecule has 0 saturated carbocycles. The van der Waals surface area contributed by atoms with Crippen LogP contribution in [0, 0.1) is 0 Å². The largest absolute Gasteiger partial charge is 0.439 e. The Labute approximate surface area is 138 Å². The van der Waals surface area contributed by atoms with Crippen LogP contribution in [0.4, 0.5) is 0 Å². The molecule has 4 rings (SSSR count). The lowest BCUT2D eigenvalue weighted by atomic mass is 10.0. The highest BCUT2D eigenvalue weighted by Crippen LogP contribution is 2.23. The van der Waals surface area contributed by atoms with Crippen LogP contribution in [0.1, 0.15) is 31.6 Å². The second-order valence-corrected chi connectivity index (χ2v) is 6.76. The van der Waals surface area contributed by atoms with Crippen LogP contribution < -0.4 is 0 Å². The number of benzene rings is 1. The van der Waals surface area contributed by atoms with Crippen molar-refractivity contribution in [2.75, 3.05) is 26.2 Å². The van der Waals surface area contributed by atoms with E-state index in [2.05, 4.69) is 26.9 Å². The minimum Gasteiger partial charge on any atom is -0.439 e. The molecule has 0 unspecified atom stereocenters. The Hall–Kier alpha value is -1.65. The first kappa shape index (κ1) is 14.9. The molecular weight excluding hydrogens is 286 g/mol. The number of likely N-dealkylation sites (tertiary alicyclic amines) is 2. The highest BCUT2D eigenvalue weighted by atomic mass is 16.4. The standard InChI is InChI=1S/C19H25N3O/c1-2-7-16(8-3-1)18-13-20-19(23-18)15-21-10-6-9-17(14-21)22-11-4-5-12-22/h1-3,7-8,13,17H,4-6,9-12,14-15H2/t17-/m1/s1. The molecule has 0 radical (unpaired) electrons. The van der Waals surface area contributed by atoms with E-state index < -0.39 is 0 Å². The summed E-state index contributed by atoms with van der Waals surface area (Å²) >= 11 is 0. The average molecular weight is 311 g/mol. The van der Waals surface area contributed by atoms with Gasteiger partial charge in [0.25, 0.3) is 0 Å². The molecule has 2 aromatic rings. The molecule has 0 aliphatic carbocycles. The third-order valence-electron chi connectivity index (χ3n) is 5.11. The summed E-state index contributed by atoms with van der Waals surface area (Å²) in [5, 5.41) is 0. The molecule has 1 aromatic heterocycles. The van der Waals surface area contributed by atoms with Gasteiger partial charge in [-0.15, -0.1) is 0 Å². The molecule has 0 spiro atoms. The summed E-state index contributed by atoms with van der Waals surface area (Å²) in [6, 6.07) is 10.9. The van der Waals surface area contributed by atoms with Gasteiger partial charge in [-0.1, -0.05) is 30.3 Å². The quantitative estimate of drug-likeness (QED) is 0.866. The van der Waals surface area contributed by atoms with Crippen LogP contribution in [0.15, 0.2) is 40.9 Å². The molecule has 2 aliphatic rings. The molecule has 2 fully saturated rings. The normalized spacial score (nSPS) is 23.4. The number of rotatable bonds is 4. The number of aromatic nitrogens is 1. The molecule has 3 heterocycles. The van der Waals surface area contributed by atoms with Gasteiger partial charge in [-0.3, -0.25) is 9.80 Å². The van der Waals surface area contributed by atoms with Gasteiger partial charge in [0.15, 0.2) is 5.76 Å². The minimum atomic E-state index is 0.731. The van der Waals surface area contributed by atoms with Crippen LogP contribution in [0.25, 0.3) is 11.3 Å². The average Bonchev–Trinajstić information content (AvgIpc) is 3.28. The van der Waals surface area contributed by atoms with E-state index in [-0.39, 0.29) is 0 Å². The van der Waals surface area contributed by atoms with Crippen molar-refractivity contribution in [1.29, 1.82) is 0 Å². The van der Waals surface area contributed by atoms with Crippen LogP contribution in [0.2, 0.25) is 0 Å². The predicted molar refractivity (Wildman–Crippen MR) is 91.0 cm³/mol. The molecule has 0 amide bonds. The van der Waals surface area contributed by atoms with E-state index in [9.17, 15) is 0 Å². The van der Waals surface area contributed by atoms with Crippen molar-refractivity contribution in [2.45, 2.75) is 38.3 Å². The molecule has 2 saturated heterocycles. The second-order valence-electron chi connectivity index (χ2n) is 6.76. The predicted octanol–water partition coefficient (Wildman–Crippen LogP) is 3.40. The Morgan fingerprint density at radius 1 is 1.04 bits per heavy atom. The first-order chi connectivity index (χ1) is 11.4. The van der Waals surface area contributed by atoms with Gasteiger partial charge in [-0.2, -0.15) is 0 Å². The van der Waals surface area contributed by atoms with Gasteiger partial charge in [0.1, 0.15) is 0 Å². The van der Waals surface area contributed by atoms with Crippen LogP contribution in [0.5, 0.6) is 0 Å². The van der Waals surface area contributed by atoms with E-state index in [1.165, 1.54) is 38.8 Å². The molecule has 0 N–H and O–H groups in total. The van der Waals surface area contributed by atoms with Crippen molar-refractivity contribution in [3.05, 3.63) is 42.4 Å². The van der Waals surface area contributed by atoms with Crippen molar-refractivity contribution < 1.29 is 4.42 Å². The molecule has 0 bridgehead atoms. The van der Waals surface area contributed by atoms with Crippen molar-refractivity contribution >= 4 is 0 Å². The van der Waals surface area contributed by atoms with E-state index in [0.29, 0.717) is 0 Å². The van der Waals surface area contributed by atoms with Crippen LogP contribution >= 0.6 is 0 Å². The SMILES string of the molecule is c1ccc(-c2cnc(CN3CCC[C@@H](N4CCCC4)C3)o2)cc1. The number of piperidine rings is 1. The Bertz CT molecular complexity index is 619. The highest BCUT2D eigenvalue weighted by molar-refractivity contribution is 5.55. The summed E-state index contributed by atoms with van der Waals surface area (Å²) in [6.45, 7) is 5.72. The summed E-state index contributed by atoms with van der Waals surface area (Å²) in [5.74, 6) is 1.71. The topological polar surface area (TPSA) is 32.5 Å². The van der Waals surface area contributed by atoms with Gasteiger partial charge < -0.3 is 4.42 Å². The lowest BCUT2D eigenvalue weighted by Gasteiger charge is -2.37. The Morgan fingerprint density at radius 2 is 1.87 bits per heavy atom. The first-order valence-electron chi connectivity index (χ1n) is 8.85. The lowest BCUT2D eigenvalue weighted by Crippen LogP contribution is -2.46. The van der Waals surface area contributed by atoms with Crippen LogP contribution in [-0.4, -0.2) is 47.0 Å². The summed E-state index contributed by atoms with van der Waals surface area (Å²) in [5.41, 5.74) is 1.10. The maximum absolute atomic E-state index is 5.97. The third kappa shape index (κ3) is 3.48. The van der Waals surface area contributed by atoms with Gasteiger partial charge >= 0.3 is 0 Å². The zero-order chi connectivity index (χ0) is 15.5. The Morgan fingerprint density at radius 3 is 2.70 bits per heavy atom. The highest BCUT2D eigenvalue weighted by Gasteiger charge is 2.27. The summed E-state index contributed by atoms with van der Waals surface area (Å²) < 4.78 is 5.97. The number of hydrogen-bond acceptors (Lipinski definition) is 4. The van der Waals surface area contributed by atoms with Crippen molar-refractivity contribution in [1.82, 2.24) is 14.8 Å². The van der Waals surface area contributed by atoms with Crippen molar-refractivity contribution in [3.8, 4) is 11.3 Å². The van der Waals surface area contributed by atoms with Gasteiger partial charge in [0, 0.05) is 18.2 Å². The molecule has 2 aliphatic heterocycles. The number of nitrogens with zero attached hydrogens (tertiary/aromatic N) is 3. The summed E-state index contributed by atoms with van der Waals surface area (Å²) in [7, 11) is 0. The fraction of sp³-hybridized carbons (Fsp3) is 0.526. The van der Waals surface area contributed by atoms with Gasteiger partial charge in [0.05, 0.1) is 12.7 Å². The third-order valence-corrected chi connectivity index (χ3v) is 5.11. The van der Waals surface area contributed by atoms with Gasteiger partial charge in [-0.05, 0) is 45.3 Å². The smallest absolute Gasteiger partial charge is 0.209 e. The van der Waals surface area contributed by atoms with Crippen LogP contribution in [-0.2, 0) is 6.54 Å². The Kier molecular flexibility index (Phi) is 4.44. The molecular formula is C19H25N3O. The van der Waals surface area contributed by atoms with Gasteiger partial charge in [0.2, 0.25) is 5.89 Å². The van der Waals surface area contributed by atoms with E-state index in [1.54, 1.807) is 0 Å². The summed E-state index contributed by atoms with van der Waals surface area (Å²) in [6.07, 6.45) is 7.23. The summed E-state index contributed by atoms with van der Waals surface area (Å²) in [4.78, 5) is 9.67. The lowest BCUT2D eigenvalue weighted by molar-refractivity contribution is 0.104. The van der Waals surface area contributed by atoms with Gasteiger partial charge in [-0.25, -0.2) is 4.98 Å².